The smallest absolute Gasteiger partial charge is 0.308 e. The van der Waals surface area contributed by atoms with E-state index in [0.717, 1.165) is 29.9 Å². The number of esters is 1. The van der Waals surface area contributed by atoms with Crippen LogP contribution in [0.3, 0.4) is 0 Å². The number of rotatable bonds is 3. The molecule has 1 aromatic rings. The standard InChI is InChI=1S/C16H20O3/c1-10(2)14-7-5-12-9-13(18-4)6-8-15(12)16(14)19-11(3)17/h6,8-10H,5,7H2,1-4H3. The van der Waals surface area contributed by atoms with E-state index in [0.29, 0.717) is 5.92 Å². The summed E-state index contributed by atoms with van der Waals surface area (Å²) < 4.78 is 10.7. The van der Waals surface area contributed by atoms with Crippen LogP contribution in [0, 0.1) is 5.92 Å². The highest BCUT2D eigenvalue weighted by molar-refractivity contribution is 5.79. The van der Waals surface area contributed by atoms with Crippen LogP contribution in [0.1, 0.15) is 38.3 Å². The molecule has 1 aromatic carbocycles. The number of carbonyl (C=O) groups is 1. The summed E-state index contributed by atoms with van der Waals surface area (Å²) in [6.07, 6.45) is 1.89. The number of fused-ring (bicyclic) bond motifs is 1. The van der Waals surface area contributed by atoms with Crippen LogP contribution in [0.2, 0.25) is 0 Å². The molecule has 1 aliphatic carbocycles. The lowest BCUT2D eigenvalue weighted by atomic mass is 9.85. The Morgan fingerprint density at radius 2 is 2.00 bits per heavy atom. The van der Waals surface area contributed by atoms with E-state index in [2.05, 4.69) is 13.8 Å². The van der Waals surface area contributed by atoms with Crippen molar-refractivity contribution in [3.05, 3.63) is 34.9 Å². The summed E-state index contributed by atoms with van der Waals surface area (Å²) in [4.78, 5) is 11.3. The van der Waals surface area contributed by atoms with E-state index in [1.54, 1.807) is 7.11 Å². The van der Waals surface area contributed by atoms with Gasteiger partial charge >= 0.3 is 5.97 Å². The van der Waals surface area contributed by atoms with Gasteiger partial charge in [-0.1, -0.05) is 13.8 Å². The predicted octanol–water partition coefficient (Wildman–Crippen LogP) is 3.57. The molecule has 2 rings (SSSR count). The molecular weight excluding hydrogens is 240 g/mol. The Balaban J connectivity index is 2.51. The van der Waals surface area contributed by atoms with Crippen LogP contribution in [0.5, 0.6) is 5.75 Å². The number of methoxy groups -OCH3 is 1. The summed E-state index contributed by atoms with van der Waals surface area (Å²) >= 11 is 0. The first-order valence-electron chi connectivity index (χ1n) is 6.61. The van der Waals surface area contributed by atoms with E-state index >= 15 is 0 Å². The van der Waals surface area contributed by atoms with Gasteiger partial charge in [-0.2, -0.15) is 0 Å². The molecule has 0 aliphatic heterocycles. The molecule has 3 heteroatoms. The van der Waals surface area contributed by atoms with Crippen molar-refractivity contribution in [1.82, 2.24) is 0 Å². The molecule has 0 saturated carbocycles. The summed E-state index contributed by atoms with van der Waals surface area (Å²) in [6, 6.07) is 5.91. The Morgan fingerprint density at radius 1 is 1.26 bits per heavy atom. The van der Waals surface area contributed by atoms with Crippen molar-refractivity contribution < 1.29 is 14.3 Å². The average molecular weight is 260 g/mol. The molecule has 0 bridgehead atoms. The Morgan fingerprint density at radius 3 is 2.58 bits per heavy atom. The van der Waals surface area contributed by atoms with E-state index in [9.17, 15) is 4.79 Å². The van der Waals surface area contributed by atoms with Crippen molar-refractivity contribution in [3.8, 4) is 5.75 Å². The lowest BCUT2D eigenvalue weighted by Gasteiger charge is -2.25. The molecule has 0 heterocycles. The molecule has 0 amide bonds. The molecule has 102 valence electrons. The molecule has 0 N–H and O–H groups in total. The van der Waals surface area contributed by atoms with Gasteiger partial charge in [-0.05, 0) is 48.1 Å². The van der Waals surface area contributed by atoms with Gasteiger partial charge in [0.05, 0.1) is 7.11 Å². The monoisotopic (exact) mass is 260 g/mol. The molecule has 0 spiro atoms. The number of benzene rings is 1. The number of aryl methyl sites for hydroxylation is 1. The SMILES string of the molecule is COc1ccc2c(c1)CCC(C(C)C)=C2OC(C)=O. The molecular formula is C16H20O3. The molecule has 0 radical (unpaired) electrons. The predicted molar refractivity (Wildman–Crippen MR) is 74.8 cm³/mol. The zero-order valence-electron chi connectivity index (χ0n) is 11.9. The van der Waals surface area contributed by atoms with Crippen LogP contribution in [0.25, 0.3) is 5.76 Å². The summed E-state index contributed by atoms with van der Waals surface area (Å²) in [5.74, 6) is 1.70. The highest BCUT2D eigenvalue weighted by Crippen LogP contribution is 2.37. The van der Waals surface area contributed by atoms with Crippen LogP contribution in [-0.4, -0.2) is 13.1 Å². The largest absolute Gasteiger partial charge is 0.497 e. The van der Waals surface area contributed by atoms with Gasteiger partial charge in [0.15, 0.2) is 0 Å². The van der Waals surface area contributed by atoms with Crippen molar-refractivity contribution in [2.24, 2.45) is 5.92 Å². The molecule has 0 unspecified atom stereocenters. The normalized spacial score (nSPS) is 14.4. The second-order valence-corrected chi connectivity index (χ2v) is 5.13. The van der Waals surface area contributed by atoms with E-state index in [1.165, 1.54) is 18.1 Å². The fourth-order valence-electron chi connectivity index (χ4n) is 2.50. The van der Waals surface area contributed by atoms with E-state index < -0.39 is 0 Å². The molecule has 3 nitrogen and oxygen atoms in total. The van der Waals surface area contributed by atoms with E-state index in [-0.39, 0.29) is 5.97 Å². The van der Waals surface area contributed by atoms with Crippen LogP contribution < -0.4 is 4.74 Å². The van der Waals surface area contributed by atoms with Gasteiger partial charge in [0.2, 0.25) is 0 Å². The number of ether oxygens (including phenoxy) is 2. The van der Waals surface area contributed by atoms with Crippen molar-refractivity contribution in [2.45, 2.75) is 33.6 Å². The van der Waals surface area contributed by atoms with Gasteiger partial charge in [0, 0.05) is 12.5 Å². The Bertz CT molecular complexity index is 527. The number of allylic oxidation sites excluding steroid dienone is 1. The Hall–Kier alpha value is -1.77. The van der Waals surface area contributed by atoms with Gasteiger partial charge < -0.3 is 9.47 Å². The minimum atomic E-state index is -0.267. The number of carbonyl (C=O) groups excluding carboxylic acids is 1. The molecule has 1 aliphatic rings. The average Bonchev–Trinajstić information content (AvgIpc) is 2.37. The fourth-order valence-corrected chi connectivity index (χ4v) is 2.50. The quantitative estimate of drug-likeness (QED) is 0.779. The maximum Gasteiger partial charge on any atom is 0.308 e. The highest BCUT2D eigenvalue weighted by Gasteiger charge is 2.23. The van der Waals surface area contributed by atoms with Crippen LogP contribution in [0.4, 0.5) is 0 Å². The molecule has 0 atom stereocenters. The molecule has 19 heavy (non-hydrogen) atoms. The number of hydrogen-bond donors (Lipinski definition) is 0. The summed E-state index contributed by atoms with van der Waals surface area (Å²) in [5.41, 5.74) is 3.42. The Labute approximate surface area is 114 Å². The lowest BCUT2D eigenvalue weighted by molar-refractivity contribution is -0.134. The zero-order chi connectivity index (χ0) is 14.0. The maximum atomic E-state index is 11.3. The second-order valence-electron chi connectivity index (χ2n) is 5.13. The van der Waals surface area contributed by atoms with E-state index in [1.807, 2.05) is 18.2 Å². The first-order valence-corrected chi connectivity index (χ1v) is 6.61. The minimum Gasteiger partial charge on any atom is -0.497 e. The van der Waals surface area contributed by atoms with Crippen molar-refractivity contribution >= 4 is 11.7 Å². The second kappa shape index (κ2) is 5.47. The molecule has 0 saturated heterocycles. The first kappa shape index (κ1) is 13.7. The third kappa shape index (κ3) is 2.80. The summed E-state index contributed by atoms with van der Waals surface area (Å²) in [6.45, 7) is 5.71. The van der Waals surface area contributed by atoms with Gasteiger partial charge in [0.25, 0.3) is 0 Å². The van der Waals surface area contributed by atoms with Crippen LogP contribution >= 0.6 is 0 Å². The van der Waals surface area contributed by atoms with Gasteiger partial charge in [-0.15, -0.1) is 0 Å². The third-order valence-corrected chi connectivity index (χ3v) is 3.46. The highest BCUT2D eigenvalue weighted by atomic mass is 16.5. The van der Waals surface area contributed by atoms with Gasteiger partial charge in [-0.25, -0.2) is 0 Å². The van der Waals surface area contributed by atoms with Crippen LogP contribution in [-0.2, 0) is 16.0 Å². The lowest BCUT2D eigenvalue weighted by Crippen LogP contribution is -2.13. The fraction of sp³-hybridized carbons (Fsp3) is 0.438. The Kier molecular flexibility index (Phi) is 3.93. The summed E-state index contributed by atoms with van der Waals surface area (Å²) in [5, 5.41) is 0. The summed E-state index contributed by atoms with van der Waals surface area (Å²) in [7, 11) is 1.66. The first-order chi connectivity index (χ1) is 9.02. The third-order valence-electron chi connectivity index (χ3n) is 3.46. The molecule has 0 aromatic heterocycles. The topological polar surface area (TPSA) is 35.5 Å². The van der Waals surface area contributed by atoms with Crippen molar-refractivity contribution in [3.63, 3.8) is 0 Å². The zero-order valence-corrected chi connectivity index (χ0v) is 11.9. The van der Waals surface area contributed by atoms with Gasteiger partial charge in [-0.3, -0.25) is 4.79 Å². The van der Waals surface area contributed by atoms with Crippen molar-refractivity contribution in [2.75, 3.05) is 7.11 Å². The van der Waals surface area contributed by atoms with Crippen LogP contribution in [0.15, 0.2) is 23.8 Å². The molecule has 0 fully saturated rings. The van der Waals surface area contributed by atoms with Crippen molar-refractivity contribution in [1.29, 1.82) is 0 Å². The maximum absolute atomic E-state index is 11.3. The minimum absolute atomic E-state index is 0.267. The van der Waals surface area contributed by atoms with Gasteiger partial charge in [0.1, 0.15) is 11.5 Å². The van der Waals surface area contributed by atoms with E-state index in [4.69, 9.17) is 9.47 Å². The number of hydrogen-bond acceptors (Lipinski definition) is 3.